The molecule has 1 aromatic carbocycles. The van der Waals surface area contributed by atoms with E-state index in [9.17, 15) is 4.79 Å². The number of Topliss-reactive ketones (excluding diaryl/α,β-unsaturated/α-hetero) is 1. The normalized spacial score (nSPS) is 38.1. The van der Waals surface area contributed by atoms with Crippen LogP contribution in [0.25, 0.3) is 0 Å². The number of hydrogen-bond donors (Lipinski definition) is 0. The van der Waals surface area contributed by atoms with Crippen LogP contribution in [0.4, 0.5) is 0 Å². The van der Waals surface area contributed by atoms with Gasteiger partial charge in [-0.3, -0.25) is 4.79 Å². The third kappa shape index (κ3) is 2.34. The summed E-state index contributed by atoms with van der Waals surface area (Å²) in [5.41, 5.74) is 1.29. The Morgan fingerprint density at radius 1 is 1.00 bits per heavy atom. The molecule has 4 bridgehead atoms. The first-order valence-corrected chi connectivity index (χ1v) is 8.99. The molecule has 0 unspecified atom stereocenters. The van der Waals surface area contributed by atoms with Crippen molar-refractivity contribution in [1.82, 2.24) is 0 Å². The maximum absolute atomic E-state index is 12.6. The lowest BCUT2D eigenvalue weighted by Crippen LogP contribution is -2.46. The van der Waals surface area contributed by atoms with Gasteiger partial charge in [0.1, 0.15) is 0 Å². The van der Waals surface area contributed by atoms with E-state index < -0.39 is 0 Å². The Hall–Kier alpha value is -0.380. The lowest BCUT2D eigenvalue weighted by atomic mass is 9.48. The van der Waals surface area contributed by atoms with Gasteiger partial charge < -0.3 is 0 Å². The van der Waals surface area contributed by atoms with E-state index in [1.54, 1.807) is 0 Å². The molecule has 0 spiro atoms. The van der Waals surface area contributed by atoms with Gasteiger partial charge in [-0.25, -0.2) is 0 Å². The minimum Gasteiger partial charge on any atom is -0.294 e. The second-order valence-corrected chi connectivity index (χ2v) is 8.77. The summed E-state index contributed by atoms with van der Waals surface area (Å²) in [5, 5.41) is 0. The smallest absolute Gasteiger partial charge is 0.163 e. The van der Waals surface area contributed by atoms with Crippen LogP contribution in [0, 0.1) is 26.7 Å². The second-order valence-electron chi connectivity index (χ2n) is 7.52. The number of halogens is 1. The van der Waals surface area contributed by atoms with Crippen LogP contribution in [-0.2, 0) is 0 Å². The largest absolute Gasteiger partial charge is 0.294 e. The van der Waals surface area contributed by atoms with Crippen LogP contribution in [0.1, 0.15) is 55.3 Å². The molecule has 0 N–H and O–H groups in total. The van der Waals surface area contributed by atoms with E-state index in [2.05, 4.69) is 22.6 Å². The Kier molecular flexibility index (Phi) is 3.21. The van der Waals surface area contributed by atoms with Crippen LogP contribution in [0.3, 0.4) is 0 Å². The van der Waals surface area contributed by atoms with Crippen molar-refractivity contribution in [1.29, 1.82) is 0 Å². The molecular formula is C18H21IO. The maximum Gasteiger partial charge on any atom is 0.163 e. The predicted molar refractivity (Wildman–Crippen MR) is 88.7 cm³/mol. The molecule has 4 fully saturated rings. The second kappa shape index (κ2) is 4.82. The fraction of sp³-hybridized carbons (Fsp3) is 0.611. The molecule has 1 aromatic rings. The highest BCUT2D eigenvalue weighted by Gasteiger charge is 2.51. The predicted octanol–water partition coefficient (Wildman–Crippen LogP) is 5.08. The van der Waals surface area contributed by atoms with Gasteiger partial charge >= 0.3 is 0 Å². The minimum absolute atomic E-state index is 0.370. The van der Waals surface area contributed by atoms with E-state index in [1.807, 2.05) is 24.3 Å². The van der Waals surface area contributed by atoms with Gasteiger partial charge in [-0.15, -0.1) is 0 Å². The molecule has 4 aliphatic carbocycles. The van der Waals surface area contributed by atoms with E-state index >= 15 is 0 Å². The molecule has 106 valence electrons. The fourth-order valence-electron chi connectivity index (χ4n) is 5.58. The van der Waals surface area contributed by atoms with Crippen LogP contribution in [-0.4, -0.2) is 5.78 Å². The zero-order valence-corrected chi connectivity index (χ0v) is 13.9. The van der Waals surface area contributed by atoms with E-state index in [4.69, 9.17) is 0 Å². The molecule has 20 heavy (non-hydrogen) atoms. The molecule has 1 nitrogen and oxygen atoms in total. The van der Waals surface area contributed by atoms with Crippen LogP contribution in [0.2, 0.25) is 0 Å². The fourth-order valence-corrected chi connectivity index (χ4v) is 5.94. The summed E-state index contributed by atoms with van der Waals surface area (Å²) < 4.78 is 1.20. The van der Waals surface area contributed by atoms with E-state index in [-0.39, 0.29) is 0 Å². The third-order valence-corrected chi connectivity index (χ3v) is 6.59. The zero-order valence-electron chi connectivity index (χ0n) is 11.8. The minimum atomic E-state index is 0.370. The molecule has 0 aliphatic heterocycles. The Morgan fingerprint density at radius 2 is 1.50 bits per heavy atom. The average Bonchev–Trinajstić information content (AvgIpc) is 2.37. The molecule has 0 saturated heterocycles. The van der Waals surface area contributed by atoms with Crippen LogP contribution in [0.5, 0.6) is 0 Å². The van der Waals surface area contributed by atoms with E-state index in [0.29, 0.717) is 11.2 Å². The summed E-state index contributed by atoms with van der Waals surface area (Å²) in [6.45, 7) is 0. The number of benzene rings is 1. The van der Waals surface area contributed by atoms with Gasteiger partial charge in [0.25, 0.3) is 0 Å². The number of ketones is 1. The van der Waals surface area contributed by atoms with Crippen molar-refractivity contribution in [3.8, 4) is 0 Å². The average molecular weight is 380 g/mol. The molecule has 0 atom stereocenters. The quantitative estimate of drug-likeness (QED) is 0.528. The van der Waals surface area contributed by atoms with Crippen LogP contribution >= 0.6 is 22.6 Å². The lowest BCUT2D eigenvalue weighted by Gasteiger charge is -2.56. The Balaban J connectivity index is 1.53. The monoisotopic (exact) mass is 380 g/mol. The van der Waals surface area contributed by atoms with Gasteiger partial charge in [0.15, 0.2) is 5.78 Å². The third-order valence-electron chi connectivity index (χ3n) is 5.87. The van der Waals surface area contributed by atoms with Gasteiger partial charge in [-0.2, -0.15) is 0 Å². The number of carbonyl (C=O) groups is 1. The number of rotatable bonds is 3. The zero-order chi connectivity index (χ0) is 13.7. The molecule has 4 saturated carbocycles. The molecule has 0 amide bonds. The van der Waals surface area contributed by atoms with E-state index in [0.717, 1.165) is 29.7 Å². The maximum atomic E-state index is 12.6. The van der Waals surface area contributed by atoms with Crippen molar-refractivity contribution >= 4 is 28.4 Å². The highest BCUT2D eigenvalue weighted by atomic mass is 127. The highest BCUT2D eigenvalue weighted by Crippen LogP contribution is 2.61. The first-order valence-electron chi connectivity index (χ1n) is 7.91. The molecule has 2 heteroatoms. The Morgan fingerprint density at radius 3 is 2.00 bits per heavy atom. The summed E-state index contributed by atoms with van der Waals surface area (Å²) in [5.74, 6) is 3.19. The molecule has 4 aliphatic rings. The van der Waals surface area contributed by atoms with Crippen LogP contribution in [0.15, 0.2) is 24.3 Å². The van der Waals surface area contributed by atoms with Crippen LogP contribution < -0.4 is 0 Å². The van der Waals surface area contributed by atoms with E-state index in [1.165, 1.54) is 42.1 Å². The summed E-state index contributed by atoms with van der Waals surface area (Å²) in [7, 11) is 0. The SMILES string of the molecule is O=C(CC12CC3CC(CC(C3)C1)C2)c1ccc(I)cc1. The summed E-state index contributed by atoms with van der Waals surface area (Å²) in [4.78, 5) is 12.6. The van der Waals surface area contributed by atoms with Gasteiger partial charge in [0.2, 0.25) is 0 Å². The van der Waals surface area contributed by atoms with Crippen molar-refractivity contribution < 1.29 is 4.79 Å². The lowest BCUT2D eigenvalue weighted by molar-refractivity contribution is -0.0524. The van der Waals surface area contributed by atoms with Gasteiger partial charge in [-0.05, 0) is 96.4 Å². The van der Waals surface area contributed by atoms with Crippen molar-refractivity contribution in [2.24, 2.45) is 23.2 Å². The van der Waals surface area contributed by atoms with Gasteiger partial charge in [-0.1, -0.05) is 12.1 Å². The van der Waals surface area contributed by atoms with Crippen molar-refractivity contribution in [2.45, 2.75) is 44.9 Å². The number of carbonyl (C=O) groups excluding carboxylic acids is 1. The standard InChI is InChI=1S/C18H21IO/c19-16-3-1-15(2-4-16)17(20)11-18-8-12-5-13(9-18)7-14(6-12)10-18/h1-4,12-14H,5-11H2. The number of hydrogen-bond acceptors (Lipinski definition) is 1. The Labute approximate surface area is 134 Å². The molecule has 0 heterocycles. The topological polar surface area (TPSA) is 17.1 Å². The molecule has 5 rings (SSSR count). The van der Waals surface area contributed by atoms with Gasteiger partial charge in [0, 0.05) is 15.6 Å². The van der Waals surface area contributed by atoms with Crippen molar-refractivity contribution in [3.63, 3.8) is 0 Å². The first-order chi connectivity index (χ1) is 9.62. The Bertz CT molecular complexity index is 496. The van der Waals surface area contributed by atoms with Crippen molar-refractivity contribution in [2.75, 3.05) is 0 Å². The highest BCUT2D eigenvalue weighted by molar-refractivity contribution is 14.1. The van der Waals surface area contributed by atoms with Crippen molar-refractivity contribution in [3.05, 3.63) is 33.4 Å². The summed E-state index contributed by atoms with van der Waals surface area (Å²) in [6, 6.07) is 8.11. The first kappa shape index (κ1) is 13.3. The summed E-state index contributed by atoms with van der Waals surface area (Å²) in [6.07, 6.45) is 9.15. The summed E-state index contributed by atoms with van der Waals surface area (Å²) >= 11 is 2.29. The van der Waals surface area contributed by atoms with Gasteiger partial charge in [0.05, 0.1) is 0 Å². The molecule has 0 radical (unpaired) electrons. The molecule has 0 aromatic heterocycles. The molecular weight excluding hydrogens is 359 g/mol.